The van der Waals surface area contributed by atoms with Crippen LogP contribution in [-0.4, -0.2) is 33.5 Å². The zero-order valence-corrected chi connectivity index (χ0v) is 19.2. The fraction of sp³-hybridized carbons (Fsp3) is 0.286. The topological polar surface area (TPSA) is 47.4 Å². The zero-order chi connectivity index (χ0) is 22.8. The monoisotopic (exact) mass is 439 g/mol. The van der Waals surface area contributed by atoms with Crippen LogP contribution >= 0.6 is 0 Å². The Morgan fingerprint density at radius 2 is 1.76 bits per heavy atom. The molecule has 2 heterocycles. The van der Waals surface area contributed by atoms with E-state index in [0.29, 0.717) is 32.7 Å². The average molecular weight is 440 g/mol. The number of amides is 1. The summed E-state index contributed by atoms with van der Waals surface area (Å²) in [5.74, 6) is 2.17. The number of para-hydroxylation sites is 2. The number of imidazole rings is 1. The number of aromatic nitrogens is 2. The molecule has 3 aromatic carbocycles. The van der Waals surface area contributed by atoms with Crippen molar-refractivity contribution in [1.29, 1.82) is 0 Å². The molecule has 0 radical (unpaired) electrons. The summed E-state index contributed by atoms with van der Waals surface area (Å²) >= 11 is 0. The number of carbonyl (C=O) groups excluding carboxylic acids is 1. The number of ether oxygens (including phenoxy) is 1. The molecule has 0 saturated carbocycles. The van der Waals surface area contributed by atoms with E-state index in [2.05, 4.69) is 42.7 Å². The van der Waals surface area contributed by atoms with Crippen LogP contribution in [0.1, 0.15) is 34.9 Å². The minimum Gasteiger partial charge on any atom is -0.491 e. The molecule has 1 aliphatic rings. The van der Waals surface area contributed by atoms with Crippen molar-refractivity contribution in [2.45, 2.75) is 39.3 Å². The quantitative estimate of drug-likeness (QED) is 0.395. The van der Waals surface area contributed by atoms with Crippen molar-refractivity contribution in [3.05, 3.63) is 95.3 Å². The van der Waals surface area contributed by atoms with E-state index in [1.165, 1.54) is 11.1 Å². The molecule has 0 bridgehead atoms. The highest BCUT2D eigenvalue weighted by molar-refractivity contribution is 5.81. The molecule has 1 saturated heterocycles. The first-order valence-corrected chi connectivity index (χ1v) is 11.6. The van der Waals surface area contributed by atoms with Gasteiger partial charge in [0.2, 0.25) is 5.91 Å². The zero-order valence-electron chi connectivity index (χ0n) is 19.2. The molecule has 1 amide bonds. The molecule has 5 heteroatoms. The highest BCUT2D eigenvalue weighted by Crippen LogP contribution is 2.31. The summed E-state index contributed by atoms with van der Waals surface area (Å²) in [4.78, 5) is 19.7. The van der Waals surface area contributed by atoms with Gasteiger partial charge in [0.1, 0.15) is 18.2 Å². The molecule has 5 nitrogen and oxygen atoms in total. The fourth-order valence-corrected chi connectivity index (χ4v) is 4.67. The standard InChI is InChI=1S/C28H29N3O2/c1-20-9-8-14-26(21(20)2)33-16-15-31-25-13-7-6-12-24(25)29-28(31)23-17-27(32)30(19-23)18-22-10-4-3-5-11-22/h3-14,23H,15-19H2,1-2H3. The Hall–Kier alpha value is -3.60. The van der Waals surface area contributed by atoms with E-state index in [1.807, 2.05) is 53.4 Å². The molecular weight excluding hydrogens is 410 g/mol. The van der Waals surface area contributed by atoms with E-state index in [1.54, 1.807) is 0 Å². The molecule has 5 rings (SSSR count). The molecule has 1 aromatic heterocycles. The van der Waals surface area contributed by atoms with Gasteiger partial charge in [-0.3, -0.25) is 4.79 Å². The van der Waals surface area contributed by atoms with Gasteiger partial charge in [-0.05, 0) is 48.7 Å². The maximum Gasteiger partial charge on any atom is 0.223 e. The second-order valence-corrected chi connectivity index (χ2v) is 8.82. The highest BCUT2D eigenvalue weighted by atomic mass is 16.5. The van der Waals surface area contributed by atoms with Crippen molar-refractivity contribution >= 4 is 16.9 Å². The van der Waals surface area contributed by atoms with Gasteiger partial charge in [-0.25, -0.2) is 4.98 Å². The van der Waals surface area contributed by atoms with Gasteiger partial charge < -0.3 is 14.2 Å². The fourth-order valence-electron chi connectivity index (χ4n) is 4.67. The van der Waals surface area contributed by atoms with Crippen LogP contribution in [-0.2, 0) is 17.9 Å². The van der Waals surface area contributed by atoms with Crippen molar-refractivity contribution in [3.8, 4) is 5.75 Å². The number of nitrogens with zero attached hydrogens (tertiary/aromatic N) is 3. The molecule has 1 unspecified atom stereocenters. The summed E-state index contributed by atoms with van der Waals surface area (Å²) in [7, 11) is 0. The van der Waals surface area contributed by atoms with Crippen molar-refractivity contribution in [1.82, 2.24) is 14.5 Å². The van der Waals surface area contributed by atoms with Gasteiger partial charge >= 0.3 is 0 Å². The number of hydrogen-bond acceptors (Lipinski definition) is 3. The van der Waals surface area contributed by atoms with Crippen molar-refractivity contribution in [3.63, 3.8) is 0 Å². The van der Waals surface area contributed by atoms with Crippen molar-refractivity contribution < 1.29 is 9.53 Å². The van der Waals surface area contributed by atoms with Gasteiger partial charge in [-0.1, -0.05) is 54.6 Å². The average Bonchev–Trinajstić information content (AvgIpc) is 3.38. The maximum absolute atomic E-state index is 12.8. The van der Waals surface area contributed by atoms with Crippen LogP contribution in [0.15, 0.2) is 72.8 Å². The number of benzene rings is 3. The van der Waals surface area contributed by atoms with Gasteiger partial charge in [0.05, 0.1) is 17.6 Å². The molecule has 4 aromatic rings. The maximum atomic E-state index is 12.8. The number of rotatable bonds is 7. The summed E-state index contributed by atoms with van der Waals surface area (Å²) in [5, 5.41) is 0. The largest absolute Gasteiger partial charge is 0.491 e. The lowest BCUT2D eigenvalue weighted by Crippen LogP contribution is -2.24. The Balaban J connectivity index is 1.36. The molecule has 168 valence electrons. The summed E-state index contributed by atoms with van der Waals surface area (Å²) in [6.45, 7) is 6.76. The minimum absolute atomic E-state index is 0.0781. The summed E-state index contributed by atoms with van der Waals surface area (Å²) < 4.78 is 8.39. The third-order valence-electron chi connectivity index (χ3n) is 6.61. The Kier molecular flexibility index (Phi) is 5.86. The molecule has 0 aliphatic carbocycles. The summed E-state index contributed by atoms with van der Waals surface area (Å²) in [6, 6.07) is 24.5. The molecule has 0 spiro atoms. The Bertz CT molecular complexity index is 1280. The molecule has 1 atom stereocenters. The molecule has 33 heavy (non-hydrogen) atoms. The second-order valence-electron chi connectivity index (χ2n) is 8.82. The predicted octanol–water partition coefficient (Wildman–Crippen LogP) is 5.25. The normalized spacial score (nSPS) is 16.0. The van der Waals surface area contributed by atoms with Gasteiger partial charge in [-0.15, -0.1) is 0 Å². The van der Waals surface area contributed by atoms with Crippen LogP contribution in [0, 0.1) is 13.8 Å². The van der Waals surface area contributed by atoms with E-state index in [4.69, 9.17) is 9.72 Å². The predicted molar refractivity (Wildman–Crippen MR) is 130 cm³/mol. The highest BCUT2D eigenvalue weighted by Gasteiger charge is 2.34. The Morgan fingerprint density at radius 3 is 2.61 bits per heavy atom. The van der Waals surface area contributed by atoms with Gasteiger partial charge in [-0.2, -0.15) is 0 Å². The number of likely N-dealkylation sites (tertiary alicyclic amines) is 1. The minimum atomic E-state index is 0.0781. The lowest BCUT2D eigenvalue weighted by Gasteiger charge is -2.18. The molecule has 1 fully saturated rings. The Labute approximate surface area is 194 Å². The lowest BCUT2D eigenvalue weighted by molar-refractivity contribution is -0.128. The molecule has 1 aliphatic heterocycles. The summed E-state index contributed by atoms with van der Waals surface area (Å²) in [6.07, 6.45) is 0.494. The van der Waals surface area contributed by atoms with Crippen molar-refractivity contribution in [2.24, 2.45) is 0 Å². The smallest absolute Gasteiger partial charge is 0.223 e. The van der Waals surface area contributed by atoms with Crippen LogP contribution in [0.2, 0.25) is 0 Å². The number of fused-ring (bicyclic) bond motifs is 1. The molecule has 0 N–H and O–H groups in total. The summed E-state index contributed by atoms with van der Waals surface area (Å²) in [5.41, 5.74) is 5.61. The third kappa shape index (κ3) is 4.36. The second kappa shape index (κ2) is 9.10. The van der Waals surface area contributed by atoms with E-state index >= 15 is 0 Å². The van der Waals surface area contributed by atoms with E-state index in [0.717, 1.165) is 28.2 Å². The Morgan fingerprint density at radius 1 is 0.970 bits per heavy atom. The first kappa shape index (κ1) is 21.3. The van der Waals surface area contributed by atoms with E-state index in [-0.39, 0.29) is 11.8 Å². The van der Waals surface area contributed by atoms with Crippen LogP contribution < -0.4 is 4.74 Å². The van der Waals surface area contributed by atoms with Crippen LogP contribution in [0.5, 0.6) is 5.75 Å². The van der Waals surface area contributed by atoms with Gasteiger partial charge in [0.15, 0.2) is 0 Å². The first-order chi connectivity index (χ1) is 16.1. The van der Waals surface area contributed by atoms with Crippen LogP contribution in [0.3, 0.4) is 0 Å². The third-order valence-corrected chi connectivity index (χ3v) is 6.61. The molecular formula is C28H29N3O2. The SMILES string of the molecule is Cc1cccc(OCCn2c(C3CC(=O)N(Cc4ccccc4)C3)nc3ccccc32)c1C. The number of carbonyl (C=O) groups is 1. The van der Waals surface area contributed by atoms with Crippen LogP contribution in [0.25, 0.3) is 11.0 Å². The lowest BCUT2D eigenvalue weighted by atomic mass is 10.1. The van der Waals surface area contributed by atoms with E-state index < -0.39 is 0 Å². The van der Waals surface area contributed by atoms with Crippen LogP contribution in [0.4, 0.5) is 0 Å². The van der Waals surface area contributed by atoms with Gasteiger partial charge in [0.25, 0.3) is 0 Å². The first-order valence-electron chi connectivity index (χ1n) is 11.6. The number of hydrogen-bond donors (Lipinski definition) is 0. The number of aryl methyl sites for hydroxylation is 1. The van der Waals surface area contributed by atoms with Gasteiger partial charge in [0, 0.05) is 25.4 Å². The van der Waals surface area contributed by atoms with Crippen molar-refractivity contribution in [2.75, 3.05) is 13.2 Å². The van der Waals surface area contributed by atoms with E-state index in [9.17, 15) is 4.79 Å².